The van der Waals surface area contributed by atoms with Gasteiger partial charge in [0, 0.05) is 28.1 Å². The average molecular weight is 220 g/mol. The lowest BCUT2D eigenvalue weighted by atomic mass is 9.93. The van der Waals surface area contributed by atoms with Gasteiger partial charge >= 0.3 is 0 Å². The summed E-state index contributed by atoms with van der Waals surface area (Å²) < 4.78 is 20.7. The molecule has 0 saturated carbocycles. The molecule has 1 heterocycles. The molecule has 76 valence electrons. The third-order valence-electron chi connectivity index (χ3n) is 2.88. The summed E-state index contributed by atoms with van der Waals surface area (Å²) in [7, 11) is -0.917. The number of hydrogen-bond acceptors (Lipinski definition) is 3. The van der Waals surface area contributed by atoms with E-state index in [0.717, 1.165) is 18.5 Å². The first kappa shape index (κ1) is 11.3. The van der Waals surface area contributed by atoms with Crippen LogP contribution in [0.4, 0.5) is 0 Å². The summed E-state index contributed by atoms with van der Waals surface area (Å²) in [6.07, 6.45) is 2.60. The van der Waals surface area contributed by atoms with Crippen LogP contribution in [0, 0.1) is 11.8 Å². The van der Waals surface area contributed by atoms with Crippen molar-refractivity contribution in [3.8, 4) is 0 Å². The van der Waals surface area contributed by atoms with Gasteiger partial charge in [0.25, 0.3) is 0 Å². The van der Waals surface area contributed by atoms with Crippen LogP contribution in [0.2, 0.25) is 0 Å². The van der Waals surface area contributed by atoms with Gasteiger partial charge < -0.3 is 4.55 Å². The fourth-order valence-corrected chi connectivity index (χ4v) is 5.01. The van der Waals surface area contributed by atoms with E-state index in [1.165, 1.54) is 0 Å². The van der Waals surface area contributed by atoms with Crippen molar-refractivity contribution in [3.05, 3.63) is 12.7 Å². The van der Waals surface area contributed by atoms with Crippen LogP contribution >= 0.6 is 12.0 Å². The number of allylic oxidation sites excluding steroid dienone is 1. The van der Waals surface area contributed by atoms with Gasteiger partial charge in [0.1, 0.15) is 4.58 Å². The molecule has 1 rings (SSSR count). The zero-order valence-corrected chi connectivity index (χ0v) is 9.61. The van der Waals surface area contributed by atoms with Crippen LogP contribution in [-0.2, 0) is 10.8 Å². The molecule has 0 spiro atoms. The highest BCUT2D eigenvalue weighted by Gasteiger charge is 2.44. The first-order valence-electron chi connectivity index (χ1n) is 4.44. The summed E-state index contributed by atoms with van der Waals surface area (Å²) in [6.45, 7) is 7.82. The quantitative estimate of drug-likeness (QED) is 0.586. The maximum atomic E-state index is 11.8. The Labute approximate surface area is 86.5 Å². The normalized spacial score (nSPS) is 45.0. The van der Waals surface area contributed by atoms with Crippen molar-refractivity contribution in [1.82, 2.24) is 0 Å². The highest BCUT2D eigenvalue weighted by Crippen LogP contribution is 2.40. The van der Waals surface area contributed by atoms with E-state index in [2.05, 4.69) is 20.4 Å². The molecule has 1 fully saturated rings. The molecule has 0 bridgehead atoms. The molecule has 1 saturated heterocycles. The van der Waals surface area contributed by atoms with Gasteiger partial charge in [-0.2, -0.15) is 0 Å². The Balaban J connectivity index is 2.77. The first-order chi connectivity index (χ1) is 6.13. The van der Waals surface area contributed by atoms with Gasteiger partial charge in [0.05, 0.1) is 0 Å². The summed E-state index contributed by atoms with van der Waals surface area (Å²) in [6, 6.07) is 0. The predicted octanol–water partition coefficient (Wildman–Crippen LogP) is 2.50. The molecule has 0 aromatic heterocycles. The van der Waals surface area contributed by atoms with E-state index < -0.39 is 10.8 Å². The van der Waals surface area contributed by atoms with E-state index in [9.17, 15) is 4.21 Å². The molecule has 0 unspecified atom stereocenters. The molecule has 1 aliphatic heterocycles. The van der Waals surface area contributed by atoms with E-state index >= 15 is 0 Å². The summed E-state index contributed by atoms with van der Waals surface area (Å²) in [4.78, 5) is 0. The van der Waals surface area contributed by atoms with Crippen LogP contribution in [0.5, 0.6) is 0 Å². The molecule has 0 aromatic rings. The summed E-state index contributed by atoms with van der Waals surface area (Å²) in [5.41, 5.74) is 0. The van der Waals surface area contributed by atoms with Crippen LogP contribution < -0.4 is 0 Å². The molecule has 4 heteroatoms. The van der Waals surface area contributed by atoms with Crippen molar-refractivity contribution < 1.29 is 8.76 Å². The smallest absolute Gasteiger partial charge is 0.109 e. The largest absolute Gasteiger partial charge is 0.329 e. The molecule has 1 aliphatic rings. The summed E-state index contributed by atoms with van der Waals surface area (Å²) in [5, 5.41) is 0.178. The molecular weight excluding hydrogens is 204 g/mol. The topological polar surface area (TPSA) is 37.3 Å². The summed E-state index contributed by atoms with van der Waals surface area (Å²) >= 11 is 0.748. The molecule has 2 nitrogen and oxygen atoms in total. The predicted molar refractivity (Wildman–Crippen MR) is 59.1 cm³/mol. The van der Waals surface area contributed by atoms with Crippen LogP contribution in [0.3, 0.4) is 0 Å². The van der Waals surface area contributed by atoms with Crippen molar-refractivity contribution in [2.45, 2.75) is 30.1 Å². The lowest BCUT2D eigenvalue weighted by Crippen LogP contribution is -2.16. The van der Waals surface area contributed by atoms with Crippen molar-refractivity contribution >= 4 is 22.8 Å². The van der Waals surface area contributed by atoms with Crippen molar-refractivity contribution in [3.63, 3.8) is 0 Å². The number of hydrogen-bond donors (Lipinski definition) is 1. The minimum absolute atomic E-state index is 0.111. The van der Waals surface area contributed by atoms with Gasteiger partial charge in [0.15, 0.2) is 0 Å². The van der Waals surface area contributed by atoms with Gasteiger partial charge in [-0.25, -0.2) is 0 Å². The second-order valence-electron chi connectivity index (χ2n) is 3.58. The molecular formula is C9H16O2S2. The first-order valence-corrected chi connectivity index (χ1v) is 6.55. The molecule has 0 aromatic carbocycles. The van der Waals surface area contributed by atoms with E-state index in [-0.39, 0.29) is 9.83 Å². The summed E-state index contributed by atoms with van der Waals surface area (Å²) in [5.74, 6) is 0.726. The van der Waals surface area contributed by atoms with Gasteiger partial charge in [-0.05, 0) is 18.3 Å². The maximum Gasteiger partial charge on any atom is 0.109 e. The van der Waals surface area contributed by atoms with E-state index in [1.54, 1.807) is 0 Å². The standard InChI is InChI=1S/C9H16O2S2/c1-4-5-8-6(2)7(3)9(12-10)13(8)11/h4,6-10H,1,5H2,2-3H3/t6-,7-,8-,9+,13-/m0/s1. The Morgan fingerprint density at radius 2 is 2.15 bits per heavy atom. The molecule has 0 radical (unpaired) electrons. The zero-order valence-electron chi connectivity index (χ0n) is 7.97. The van der Waals surface area contributed by atoms with Crippen LogP contribution in [-0.4, -0.2) is 18.6 Å². The van der Waals surface area contributed by atoms with Crippen molar-refractivity contribution in [2.24, 2.45) is 11.8 Å². The second-order valence-corrected chi connectivity index (χ2v) is 6.37. The molecule has 13 heavy (non-hydrogen) atoms. The lowest BCUT2D eigenvalue weighted by Gasteiger charge is -2.14. The van der Waals surface area contributed by atoms with Gasteiger partial charge in [-0.1, -0.05) is 19.9 Å². The fourth-order valence-electron chi connectivity index (χ4n) is 1.79. The fraction of sp³-hybridized carbons (Fsp3) is 0.778. The van der Waals surface area contributed by atoms with Gasteiger partial charge in [-0.15, -0.1) is 6.58 Å². The Bertz CT molecular complexity index is 218. The SMILES string of the molecule is C=CC[C@H]1[C@@H](C)[C@H](C)[C@H](SO)[S@]1=O. The maximum absolute atomic E-state index is 11.8. The van der Waals surface area contributed by atoms with E-state index in [0.29, 0.717) is 11.8 Å². The molecule has 1 N–H and O–H groups in total. The average Bonchev–Trinajstić information content (AvgIpc) is 2.31. The second kappa shape index (κ2) is 4.62. The highest BCUT2D eigenvalue weighted by molar-refractivity contribution is 8.08. The lowest BCUT2D eigenvalue weighted by molar-refractivity contribution is 0.423. The van der Waals surface area contributed by atoms with Crippen LogP contribution in [0.1, 0.15) is 20.3 Å². The minimum Gasteiger partial charge on any atom is -0.329 e. The van der Waals surface area contributed by atoms with E-state index in [4.69, 9.17) is 4.55 Å². The molecule has 0 aliphatic carbocycles. The van der Waals surface area contributed by atoms with Crippen LogP contribution in [0.25, 0.3) is 0 Å². The monoisotopic (exact) mass is 220 g/mol. The van der Waals surface area contributed by atoms with Gasteiger partial charge in [0.2, 0.25) is 0 Å². The third kappa shape index (κ3) is 2.00. The number of rotatable bonds is 3. The van der Waals surface area contributed by atoms with Crippen LogP contribution in [0.15, 0.2) is 12.7 Å². The molecule has 0 amide bonds. The Kier molecular flexibility index (Phi) is 4.01. The zero-order chi connectivity index (χ0) is 10.0. The minimum atomic E-state index is -0.917. The highest BCUT2D eigenvalue weighted by atomic mass is 32.2. The Morgan fingerprint density at radius 3 is 2.54 bits per heavy atom. The third-order valence-corrected chi connectivity index (χ3v) is 6.45. The Hall–Kier alpha value is 0.200. The Morgan fingerprint density at radius 1 is 1.54 bits per heavy atom. The van der Waals surface area contributed by atoms with Crippen molar-refractivity contribution in [1.29, 1.82) is 0 Å². The van der Waals surface area contributed by atoms with Crippen molar-refractivity contribution in [2.75, 3.05) is 0 Å². The van der Waals surface area contributed by atoms with E-state index in [1.807, 2.05) is 6.08 Å². The molecule has 5 atom stereocenters. The van der Waals surface area contributed by atoms with Gasteiger partial charge in [-0.3, -0.25) is 4.21 Å².